The molecule has 100 valence electrons. The van der Waals surface area contributed by atoms with Gasteiger partial charge in [-0.15, -0.1) is 0 Å². The summed E-state index contributed by atoms with van der Waals surface area (Å²) in [5, 5.41) is 2.29. The third-order valence-corrected chi connectivity index (χ3v) is 4.53. The highest BCUT2D eigenvalue weighted by Gasteiger charge is 2.16. The number of hydrogen-bond donors (Lipinski definition) is 3. The molecule has 0 spiro atoms. The normalized spacial score (nSPS) is 11.2. The molecule has 4 N–H and O–H groups in total. The van der Waals surface area contributed by atoms with E-state index in [0.29, 0.717) is 4.47 Å². The van der Waals surface area contributed by atoms with Crippen LogP contribution in [0.25, 0.3) is 0 Å². The van der Waals surface area contributed by atoms with Crippen molar-refractivity contribution in [2.75, 3.05) is 13.1 Å². The summed E-state index contributed by atoms with van der Waals surface area (Å²) >= 11 is 3.21. The monoisotopic (exact) mass is 335 g/mol. The lowest BCUT2D eigenvalue weighted by Gasteiger charge is -2.09. The van der Waals surface area contributed by atoms with Gasteiger partial charge >= 0.3 is 6.03 Å². The first-order valence-electron chi connectivity index (χ1n) is 5.12. The number of halogens is 1. The van der Waals surface area contributed by atoms with Gasteiger partial charge in [0.2, 0.25) is 10.0 Å². The van der Waals surface area contributed by atoms with Crippen molar-refractivity contribution in [3.63, 3.8) is 0 Å². The smallest absolute Gasteiger partial charge is 0.312 e. The average Bonchev–Trinajstić information content (AvgIpc) is 2.23. The lowest BCUT2D eigenvalue weighted by atomic mass is 10.2. The summed E-state index contributed by atoms with van der Waals surface area (Å²) in [5.41, 5.74) is 5.81. The highest BCUT2D eigenvalue weighted by molar-refractivity contribution is 9.10. The fourth-order valence-electron chi connectivity index (χ4n) is 1.27. The number of carbonyl (C=O) groups excluding carboxylic acids is 1. The number of nitrogens with two attached hydrogens (primary N) is 1. The van der Waals surface area contributed by atoms with Crippen molar-refractivity contribution in [2.45, 2.75) is 11.8 Å². The van der Waals surface area contributed by atoms with Crippen LogP contribution in [-0.4, -0.2) is 27.5 Å². The van der Waals surface area contributed by atoms with Crippen LogP contribution < -0.4 is 15.8 Å². The molecular weight excluding hydrogens is 322 g/mol. The lowest BCUT2D eigenvalue weighted by molar-refractivity contribution is 0.249. The molecule has 0 aliphatic carbocycles. The molecule has 0 heterocycles. The van der Waals surface area contributed by atoms with Crippen LogP contribution in [0.2, 0.25) is 0 Å². The van der Waals surface area contributed by atoms with Gasteiger partial charge in [0, 0.05) is 17.6 Å². The zero-order valence-corrected chi connectivity index (χ0v) is 12.1. The van der Waals surface area contributed by atoms with Crippen LogP contribution in [-0.2, 0) is 10.0 Å². The second kappa shape index (κ2) is 6.17. The topological polar surface area (TPSA) is 101 Å². The highest BCUT2D eigenvalue weighted by atomic mass is 79.9. The number of urea groups is 1. The summed E-state index contributed by atoms with van der Waals surface area (Å²) < 4.78 is 26.7. The molecule has 0 radical (unpaired) electrons. The van der Waals surface area contributed by atoms with E-state index in [2.05, 4.69) is 26.0 Å². The van der Waals surface area contributed by atoms with Gasteiger partial charge in [-0.2, -0.15) is 0 Å². The molecule has 0 saturated heterocycles. The van der Waals surface area contributed by atoms with Crippen molar-refractivity contribution < 1.29 is 13.2 Å². The summed E-state index contributed by atoms with van der Waals surface area (Å²) in [6, 6.07) is 4.26. The molecule has 0 unspecified atom stereocenters. The Morgan fingerprint density at radius 2 is 2.06 bits per heavy atom. The van der Waals surface area contributed by atoms with Crippen molar-refractivity contribution in [3.8, 4) is 0 Å². The molecule has 2 amide bonds. The molecule has 1 aromatic carbocycles. The molecule has 8 heteroatoms. The van der Waals surface area contributed by atoms with Crippen LogP contribution in [0.1, 0.15) is 5.56 Å². The Labute approximate surface area is 114 Å². The third kappa shape index (κ3) is 4.28. The Bertz CT molecular complexity index is 545. The number of sulfonamides is 1. The van der Waals surface area contributed by atoms with Gasteiger partial charge < -0.3 is 11.1 Å². The van der Waals surface area contributed by atoms with Crippen LogP contribution >= 0.6 is 15.9 Å². The van der Waals surface area contributed by atoms with Gasteiger partial charge in [0.15, 0.2) is 0 Å². The number of carbonyl (C=O) groups is 1. The molecule has 0 bridgehead atoms. The molecule has 1 rings (SSSR count). The van der Waals surface area contributed by atoms with E-state index in [0.717, 1.165) is 5.56 Å². The van der Waals surface area contributed by atoms with Crippen LogP contribution in [0.4, 0.5) is 4.79 Å². The number of amides is 2. The first-order valence-corrected chi connectivity index (χ1v) is 7.39. The van der Waals surface area contributed by atoms with Crippen molar-refractivity contribution >= 4 is 32.0 Å². The summed E-state index contributed by atoms with van der Waals surface area (Å²) in [7, 11) is -3.59. The van der Waals surface area contributed by atoms with Gasteiger partial charge in [-0.3, -0.25) is 0 Å². The van der Waals surface area contributed by atoms with E-state index in [1.54, 1.807) is 12.1 Å². The standard InChI is InChI=1S/C10H14BrN3O3S/c1-7-2-3-9(8(11)6-7)18(16,17)14-5-4-13-10(12)15/h2-3,6,14H,4-5H2,1H3,(H3,12,13,15). The Kier molecular flexibility index (Phi) is 5.12. The second-order valence-corrected chi connectivity index (χ2v) is 6.21. The molecule has 1 aromatic rings. The minimum Gasteiger partial charge on any atom is -0.352 e. The predicted octanol–water partition coefficient (Wildman–Crippen LogP) is 0.704. The second-order valence-electron chi connectivity index (χ2n) is 3.62. The van der Waals surface area contributed by atoms with Crippen LogP contribution in [0.3, 0.4) is 0 Å². The zero-order valence-electron chi connectivity index (χ0n) is 9.73. The summed E-state index contributed by atoms with van der Waals surface area (Å²) in [5.74, 6) is 0. The Balaban J connectivity index is 2.71. The quantitative estimate of drug-likeness (QED) is 0.690. The maximum absolute atomic E-state index is 11.9. The third-order valence-electron chi connectivity index (χ3n) is 2.09. The lowest BCUT2D eigenvalue weighted by Crippen LogP contribution is -2.37. The number of nitrogens with one attached hydrogen (secondary N) is 2. The van der Waals surface area contributed by atoms with E-state index in [4.69, 9.17) is 5.73 Å². The Hall–Kier alpha value is -1.12. The Morgan fingerprint density at radius 3 is 2.61 bits per heavy atom. The molecule has 0 aliphatic heterocycles. The number of rotatable bonds is 5. The van der Waals surface area contributed by atoms with Crippen molar-refractivity contribution in [3.05, 3.63) is 28.2 Å². The zero-order chi connectivity index (χ0) is 13.8. The minimum absolute atomic E-state index is 0.0750. The van der Waals surface area contributed by atoms with E-state index in [9.17, 15) is 13.2 Å². The van der Waals surface area contributed by atoms with Crippen LogP contribution in [0.15, 0.2) is 27.6 Å². The molecule has 0 aromatic heterocycles. The van der Waals surface area contributed by atoms with E-state index in [1.165, 1.54) is 6.07 Å². The predicted molar refractivity (Wildman–Crippen MR) is 71.7 cm³/mol. The average molecular weight is 336 g/mol. The number of aryl methyl sites for hydroxylation is 1. The maximum atomic E-state index is 11.9. The van der Waals surface area contributed by atoms with E-state index >= 15 is 0 Å². The van der Waals surface area contributed by atoms with Gasteiger partial charge in [-0.25, -0.2) is 17.9 Å². The number of primary amides is 1. The number of benzene rings is 1. The molecule has 0 saturated carbocycles. The molecule has 0 atom stereocenters. The maximum Gasteiger partial charge on any atom is 0.312 e. The number of hydrogen-bond acceptors (Lipinski definition) is 3. The van der Waals surface area contributed by atoms with E-state index < -0.39 is 16.1 Å². The van der Waals surface area contributed by atoms with Crippen LogP contribution in [0.5, 0.6) is 0 Å². The van der Waals surface area contributed by atoms with Gasteiger partial charge in [0.1, 0.15) is 0 Å². The fraction of sp³-hybridized carbons (Fsp3) is 0.300. The first kappa shape index (κ1) is 14.9. The van der Waals surface area contributed by atoms with Gasteiger partial charge in [0.05, 0.1) is 4.90 Å². The van der Waals surface area contributed by atoms with Gasteiger partial charge in [0.25, 0.3) is 0 Å². The molecule has 0 aliphatic rings. The molecule has 6 nitrogen and oxygen atoms in total. The molecular formula is C10H14BrN3O3S. The summed E-state index contributed by atoms with van der Waals surface area (Å²) in [6.07, 6.45) is 0. The van der Waals surface area contributed by atoms with Gasteiger partial charge in [-0.05, 0) is 40.5 Å². The largest absolute Gasteiger partial charge is 0.352 e. The molecule has 18 heavy (non-hydrogen) atoms. The van der Waals surface area contributed by atoms with Crippen molar-refractivity contribution in [2.24, 2.45) is 5.73 Å². The van der Waals surface area contributed by atoms with Crippen molar-refractivity contribution in [1.29, 1.82) is 0 Å². The SMILES string of the molecule is Cc1ccc(S(=O)(=O)NCCNC(N)=O)c(Br)c1. The summed E-state index contributed by atoms with van der Waals surface area (Å²) in [4.78, 5) is 10.6. The van der Waals surface area contributed by atoms with E-state index in [1.807, 2.05) is 6.92 Å². The Morgan fingerprint density at radius 1 is 1.39 bits per heavy atom. The van der Waals surface area contributed by atoms with Crippen LogP contribution in [0, 0.1) is 6.92 Å². The van der Waals surface area contributed by atoms with E-state index in [-0.39, 0.29) is 18.0 Å². The van der Waals surface area contributed by atoms with Gasteiger partial charge in [-0.1, -0.05) is 6.07 Å². The van der Waals surface area contributed by atoms with Crippen molar-refractivity contribution in [1.82, 2.24) is 10.0 Å². The highest BCUT2D eigenvalue weighted by Crippen LogP contribution is 2.22. The molecule has 0 fully saturated rings. The fourth-order valence-corrected chi connectivity index (χ4v) is 3.49. The summed E-state index contributed by atoms with van der Waals surface area (Å²) in [6.45, 7) is 2.08. The minimum atomic E-state index is -3.59. The first-order chi connectivity index (χ1) is 8.33.